The average Bonchev–Trinajstić information content (AvgIpc) is 2.98. The van der Waals surface area contributed by atoms with Crippen molar-refractivity contribution in [3.63, 3.8) is 0 Å². The molecule has 0 saturated carbocycles. The van der Waals surface area contributed by atoms with Gasteiger partial charge in [0.05, 0.1) is 36.8 Å². The summed E-state index contributed by atoms with van der Waals surface area (Å²) >= 11 is 0. The van der Waals surface area contributed by atoms with E-state index in [9.17, 15) is 14.7 Å². The minimum Gasteiger partial charge on any atom is -0.397 e. The number of nitrogens with one attached hydrogen (secondary N) is 2. The molecule has 0 atom stereocenters. The maximum atomic E-state index is 12.9. The fourth-order valence-corrected chi connectivity index (χ4v) is 3.36. The molecule has 0 unspecified atom stereocenters. The molecule has 8 nitrogen and oxygen atoms in total. The predicted octanol–water partition coefficient (Wildman–Crippen LogP) is 2.43. The Bertz CT molecular complexity index is 1130. The van der Waals surface area contributed by atoms with E-state index in [0.29, 0.717) is 35.8 Å². The van der Waals surface area contributed by atoms with Gasteiger partial charge in [-0.05, 0) is 36.8 Å². The second-order valence-electron chi connectivity index (χ2n) is 7.09. The Kier molecular flexibility index (Phi) is 6.94. The van der Waals surface area contributed by atoms with Gasteiger partial charge in [-0.1, -0.05) is 30.3 Å². The Morgan fingerprint density at radius 2 is 1.87 bits per heavy atom. The summed E-state index contributed by atoms with van der Waals surface area (Å²) in [5.74, 6) is 0.416. The number of hydrogen-bond acceptors (Lipinski definition) is 5. The molecule has 5 N–H and O–H groups in total. The first-order valence-corrected chi connectivity index (χ1v) is 9.96. The summed E-state index contributed by atoms with van der Waals surface area (Å²) in [4.78, 5) is 25.4. The summed E-state index contributed by atoms with van der Waals surface area (Å²) < 4.78 is 3.16. The van der Waals surface area contributed by atoms with Crippen LogP contribution in [0.5, 0.6) is 0 Å². The molecule has 0 radical (unpaired) electrons. The van der Waals surface area contributed by atoms with E-state index in [1.807, 2.05) is 19.1 Å². The number of nitrogen functional groups attached to an aromatic ring is 1. The highest BCUT2D eigenvalue weighted by molar-refractivity contribution is 6.05. The van der Waals surface area contributed by atoms with Gasteiger partial charge in [0.25, 0.3) is 5.91 Å². The van der Waals surface area contributed by atoms with Crippen LogP contribution < -0.4 is 22.1 Å². The zero-order chi connectivity index (χ0) is 22.4. The molecule has 0 saturated heterocycles. The van der Waals surface area contributed by atoms with Crippen LogP contribution in [0.3, 0.4) is 0 Å². The highest BCUT2D eigenvalue weighted by Crippen LogP contribution is 2.19. The molecule has 162 valence electrons. The second kappa shape index (κ2) is 9.82. The number of aliphatic hydroxyl groups is 1. The number of aliphatic hydroxyl groups excluding tert-OH is 1. The quantitative estimate of drug-likeness (QED) is 0.313. The molecular formula is C23H27N5O3. The number of anilines is 3. The summed E-state index contributed by atoms with van der Waals surface area (Å²) in [5.41, 5.74) is 8.82. The Hall–Kier alpha value is -3.78. The summed E-state index contributed by atoms with van der Waals surface area (Å²) in [7, 11) is 0. The van der Waals surface area contributed by atoms with Crippen molar-refractivity contribution in [1.29, 1.82) is 0 Å². The number of para-hydroxylation sites is 2. The molecule has 0 aliphatic carbocycles. The number of rotatable bonds is 9. The molecule has 8 heteroatoms. The number of carbonyl (C=O) groups is 1. The number of benzene rings is 2. The average molecular weight is 422 g/mol. The monoisotopic (exact) mass is 421 g/mol. The molecule has 1 amide bonds. The van der Waals surface area contributed by atoms with Gasteiger partial charge in [0.2, 0.25) is 0 Å². The van der Waals surface area contributed by atoms with Gasteiger partial charge in [0, 0.05) is 12.1 Å². The van der Waals surface area contributed by atoms with Crippen molar-refractivity contribution in [1.82, 2.24) is 9.13 Å². The first kappa shape index (κ1) is 21.9. The minimum atomic E-state index is -0.264. The van der Waals surface area contributed by atoms with E-state index in [-0.39, 0.29) is 24.7 Å². The molecule has 3 aromatic rings. The standard InChI is InChI=1S/C23H27N5O3/c1-3-12-25-21-16(2)27(13-14-29)23(31)28(21)15-17-8-10-18(11-9-17)22(30)26-20-7-5-4-6-19(20)24/h3-11,25,29H,1,12-15,24H2,2H3,(H,26,30). The van der Waals surface area contributed by atoms with Crippen molar-refractivity contribution in [3.05, 3.63) is 88.5 Å². The summed E-state index contributed by atoms with van der Waals surface area (Å²) in [6.45, 7) is 6.47. The van der Waals surface area contributed by atoms with Crippen molar-refractivity contribution < 1.29 is 9.90 Å². The Morgan fingerprint density at radius 3 is 2.52 bits per heavy atom. The molecule has 31 heavy (non-hydrogen) atoms. The summed E-state index contributed by atoms with van der Waals surface area (Å²) in [5, 5.41) is 15.3. The molecule has 0 aliphatic heterocycles. The van der Waals surface area contributed by atoms with E-state index in [4.69, 9.17) is 5.73 Å². The van der Waals surface area contributed by atoms with Crippen LogP contribution in [0, 0.1) is 6.92 Å². The molecule has 0 aliphatic rings. The van der Waals surface area contributed by atoms with Gasteiger partial charge in [-0.15, -0.1) is 6.58 Å². The van der Waals surface area contributed by atoms with Crippen LogP contribution in [0.1, 0.15) is 21.6 Å². The van der Waals surface area contributed by atoms with Gasteiger partial charge in [-0.2, -0.15) is 0 Å². The number of hydrogen-bond donors (Lipinski definition) is 4. The highest BCUT2D eigenvalue weighted by Gasteiger charge is 2.16. The Balaban J connectivity index is 1.81. The van der Waals surface area contributed by atoms with Crippen molar-refractivity contribution in [2.45, 2.75) is 20.0 Å². The van der Waals surface area contributed by atoms with Crippen LogP contribution in [0.25, 0.3) is 0 Å². The third-order valence-electron chi connectivity index (χ3n) is 4.98. The molecule has 2 aromatic carbocycles. The van der Waals surface area contributed by atoms with E-state index in [1.165, 1.54) is 4.57 Å². The lowest BCUT2D eigenvalue weighted by molar-refractivity contribution is 0.102. The van der Waals surface area contributed by atoms with E-state index >= 15 is 0 Å². The van der Waals surface area contributed by atoms with Crippen LogP contribution in [0.4, 0.5) is 17.2 Å². The van der Waals surface area contributed by atoms with E-state index < -0.39 is 0 Å². The Morgan fingerprint density at radius 1 is 1.16 bits per heavy atom. The summed E-state index contributed by atoms with van der Waals surface area (Å²) in [6, 6.07) is 14.1. The van der Waals surface area contributed by atoms with Gasteiger partial charge in [0.15, 0.2) is 0 Å². The lowest BCUT2D eigenvalue weighted by Crippen LogP contribution is -2.26. The highest BCUT2D eigenvalue weighted by atomic mass is 16.3. The largest absolute Gasteiger partial charge is 0.397 e. The molecule has 0 fully saturated rings. The van der Waals surface area contributed by atoms with E-state index in [0.717, 1.165) is 11.3 Å². The number of carbonyl (C=O) groups excluding carboxylic acids is 1. The predicted molar refractivity (Wildman–Crippen MR) is 124 cm³/mol. The van der Waals surface area contributed by atoms with Gasteiger partial charge in [-0.3, -0.25) is 13.9 Å². The SMILES string of the molecule is C=CCNc1c(C)n(CCO)c(=O)n1Cc1ccc(C(=O)Nc2ccccc2N)cc1. The number of nitrogens with zero attached hydrogens (tertiary/aromatic N) is 2. The Labute approximate surface area is 180 Å². The second-order valence-corrected chi connectivity index (χ2v) is 7.09. The third-order valence-corrected chi connectivity index (χ3v) is 4.98. The first-order valence-electron chi connectivity index (χ1n) is 9.96. The van der Waals surface area contributed by atoms with Crippen molar-refractivity contribution in [2.24, 2.45) is 0 Å². The van der Waals surface area contributed by atoms with Crippen LogP contribution in [-0.2, 0) is 13.1 Å². The lowest BCUT2D eigenvalue weighted by atomic mass is 10.1. The molecular weight excluding hydrogens is 394 g/mol. The van der Waals surface area contributed by atoms with Gasteiger partial charge < -0.3 is 21.5 Å². The van der Waals surface area contributed by atoms with Crippen molar-refractivity contribution >= 4 is 23.1 Å². The fraction of sp³-hybridized carbons (Fsp3) is 0.217. The first-order chi connectivity index (χ1) is 15.0. The smallest absolute Gasteiger partial charge is 0.330 e. The normalized spacial score (nSPS) is 10.6. The van der Waals surface area contributed by atoms with Crippen molar-refractivity contribution in [3.8, 4) is 0 Å². The maximum Gasteiger partial charge on any atom is 0.330 e. The zero-order valence-corrected chi connectivity index (χ0v) is 17.5. The number of amides is 1. The lowest BCUT2D eigenvalue weighted by Gasteiger charge is -2.11. The fourth-order valence-electron chi connectivity index (χ4n) is 3.36. The zero-order valence-electron chi connectivity index (χ0n) is 17.5. The topological polar surface area (TPSA) is 114 Å². The molecule has 0 bridgehead atoms. The van der Waals surface area contributed by atoms with Crippen molar-refractivity contribution in [2.75, 3.05) is 29.5 Å². The number of aromatic nitrogens is 2. The minimum absolute atomic E-state index is 0.124. The van der Waals surface area contributed by atoms with E-state index in [1.54, 1.807) is 47.0 Å². The molecule has 1 heterocycles. The molecule has 0 spiro atoms. The maximum absolute atomic E-state index is 12.9. The van der Waals surface area contributed by atoms with E-state index in [2.05, 4.69) is 17.2 Å². The molecule has 3 rings (SSSR count). The molecule has 1 aromatic heterocycles. The van der Waals surface area contributed by atoms with Gasteiger partial charge >= 0.3 is 5.69 Å². The van der Waals surface area contributed by atoms with Gasteiger partial charge in [0.1, 0.15) is 5.82 Å². The van der Waals surface area contributed by atoms with Crippen LogP contribution in [0.2, 0.25) is 0 Å². The number of nitrogens with two attached hydrogens (primary N) is 1. The van der Waals surface area contributed by atoms with Gasteiger partial charge in [-0.25, -0.2) is 4.79 Å². The summed E-state index contributed by atoms with van der Waals surface area (Å²) in [6.07, 6.45) is 1.71. The third kappa shape index (κ3) is 4.87. The number of imidazole rings is 1. The van der Waals surface area contributed by atoms with Crippen LogP contribution in [0.15, 0.2) is 66.0 Å². The van der Waals surface area contributed by atoms with Crippen LogP contribution >= 0.6 is 0 Å². The van der Waals surface area contributed by atoms with Crippen LogP contribution in [-0.4, -0.2) is 33.3 Å².